The molecule has 26 heavy (non-hydrogen) atoms. The molecule has 0 saturated carbocycles. The van der Waals surface area contributed by atoms with E-state index in [1.165, 1.54) is 0 Å². The normalized spacial score (nSPS) is 21.8. The fourth-order valence-corrected chi connectivity index (χ4v) is 4.73. The second-order valence-electron chi connectivity index (χ2n) is 7.71. The Morgan fingerprint density at radius 2 is 2.00 bits per heavy atom. The Morgan fingerprint density at radius 3 is 2.73 bits per heavy atom. The first-order valence-corrected chi connectivity index (χ1v) is 9.69. The number of rotatable bonds is 1. The molecular weight excluding hydrogens is 330 g/mol. The van der Waals surface area contributed by atoms with Crippen molar-refractivity contribution in [3.8, 4) is 0 Å². The molecule has 1 aromatic heterocycles. The Hall–Kier alpha value is -1.86. The highest BCUT2D eigenvalue weighted by Crippen LogP contribution is 2.41. The quantitative estimate of drug-likeness (QED) is 0.793. The van der Waals surface area contributed by atoms with Gasteiger partial charge in [0.15, 0.2) is 5.82 Å². The fourth-order valence-electron chi connectivity index (χ4n) is 4.73. The van der Waals surface area contributed by atoms with Crippen LogP contribution in [0.25, 0.3) is 5.57 Å². The molecule has 7 heteroatoms. The number of nitrogens with one attached hydrogen (secondary N) is 2. The van der Waals surface area contributed by atoms with Crippen LogP contribution >= 0.6 is 0 Å². The van der Waals surface area contributed by atoms with Crippen molar-refractivity contribution < 1.29 is 4.74 Å². The van der Waals surface area contributed by atoms with E-state index in [1.54, 1.807) is 11.7 Å². The Bertz CT molecular complexity index is 822. The molecule has 0 atom stereocenters. The van der Waals surface area contributed by atoms with Crippen molar-refractivity contribution in [1.29, 1.82) is 0 Å². The zero-order valence-corrected chi connectivity index (χ0v) is 15.8. The third kappa shape index (κ3) is 3.03. The number of hydrogen-bond donors (Lipinski definition) is 2. The average Bonchev–Trinajstić information content (AvgIpc) is 2.66. The van der Waals surface area contributed by atoms with Crippen LogP contribution in [0, 0.1) is 0 Å². The number of ether oxygens (including phenoxy) is 1. The maximum absolute atomic E-state index is 13.4. The van der Waals surface area contributed by atoms with Crippen molar-refractivity contribution in [1.82, 2.24) is 24.9 Å². The number of nitrogens with zero attached hydrogens (tertiary/aromatic N) is 3. The van der Waals surface area contributed by atoms with Crippen LogP contribution in [-0.4, -0.2) is 45.9 Å². The van der Waals surface area contributed by atoms with Gasteiger partial charge < -0.3 is 15.2 Å². The number of aryl methyl sites for hydroxylation is 3. The van der Waals surface area contributed by atoms with Gasteiger partial charge in [-0.2, -0.15) is 5.10 Å². The van der Waals surface area contributed by atoms with Gasteiger partial charge in [-0.05, 0) is 57.2 Å². The van der Waals surface area contributed by atoms with Crippen LogP contribution in [0.15, 0.2) is 10.9 Å². The zero-order chi connectivity index (χ0) is 18.1. The van der Waals surface area contributed by atoms with Gasteiger partial charge in [0.05, 0.1) is 13.2 Å². The molecule has 0 unspecified atom stereocenters. The van der Waals surface area contributed by atoms with E-state index < -0.39 is 0 Å². The van der Waals surface area contributed by atoms with Crippen molar-refractivity contribution in [2.24, 2.45) is 14.1 Å². The molecule has 0 amide bonds. The maximum atomic E-state index is 13.4. The lowest BCUT2D eigenvalue weighted by atomic mass is 9.66. The van der Waals surface area contributed by atoms with Crippen molar-refractivity contribution in [3.05, 3.63) is 33.5 Å². The monoisotopic (exact) mass is 359 g/mol. The molecule has 0 radical (unpaired) electrons. The lowest BCUT2D eigenvalue weighted by molar-refractivity contribution is 0.161. The number of aromatic amines is 1. The molecule has 2 N–H and O–H groups in total. The summed E-state index contributed by atoms with van der Waals surface area (Å²) in [6.45, 7) is 3.25. The molecule has 3 heterocycles. The molecule has 2 aliphatic heterocycles. The number of piperidine rings is 1. The van der Waals surface area contributed by atoms with Gasteiger partial charge in [0, 0.05) is 30.8 Å². The average molecular weight is 359 g/mol. The molecule has 1 spiro atoms. The standard InChI is InChI=1S/C19H29N5O2/c1-23-17(14-5-12-26-13-6-14)22-24(2)18(25)16-15(21-23)4-3-7-19(16)8-10-20-11-9-19/h5,20-21H,3-4,6-13H2,1-2H3. The first kappa shape index (κ1) is 17.5. The van der Waals surface area contributed by atoms with Crippen LogP contribution < -0.4 is 10.9 Å². The summed E-state index contributed by atoms with van der Waals surface area (Å²) in [4.78, 5) is 13.4. The van der Waals surface area contributed by atoms with E-state index in [9.17, 15) is 4.79 Å². The minimum atomic E-state index is -0.0109. The third-order valence-electron chi connectivity index (χ3n) is 6.10. The third-order valence-corrected chi connectivity index (χ3v) is 6.10. The van der Waals surface area contributed by atoms with Crippen LogP contribution in [0.5, 0.6) is 0 Å². The van der Waals surface area contributed by atoms with Gasteiger partial charge in [-0.3, -0.25) is 9.48 Å². The van der Waals surface area contributed by atoms with Gasteiger partial charge >= 0.3 is 0 Å². The smallest absolute Gasteiger partial charge is 0.272 e. The van der Waals surface area contributed by atoms with Crippen LogP contribution in [0.3, 0.4) is 0 Å². The molecule has 4 rings (SSSR count). The Labute approximate surface area is 153 Å². The molecule has 1 fully saturated rings. The largest absolute Gasteiger partial charge is 0.377 e. The van der Waals surface area contributed by atoms with Crippen LogP contribution in [0.2, 0.25) is 0 Å². The van der Waals surface area contributed by atoms with E-state index in [2.05, 4.69) is 21.6 Å². The van der Waals surface area contributed by atoms with Gasteiger partial charge in [0.25, 0.3) is 5.56 Å². The lowest BCUT2D eigenvalue weighted by Crippen LogP contribution is -2.46. The molecule has 7 nitrogen and oxygen atoms in total. The van der Waals surface area contributed by atoms with E-state index in [1.807, 2.05) is 11.7 Å². The summed E-state index contributed by atoms with van der Waals surface area (Å²) in [5.41, 5.74) is 3.21. The number of fused-ring (bicyclic) bond motifs is 2. The highest BCUT2D eigenvalue weighted by atomic mass is 16.5. The van der Waals surface area contributed by atoms with Gasteiger partial charge in [-0.15, -0.1) is 0 Å². The second kappa shape index (κ2) is 7.04. The summed E-state index contributed by atoms with van der Waals surface area (Å²) in [5.74, 6) is 0.806. The lowest BCUT2D eigenvalue weighted by Gasteiger charge is -2.41. The summed E-state index contributed by atoms with van der Waals surface area (Å²) >= 11 is 0. The molecule has 1 saturated heterocycles. The van der Waals surface area contributed by atoms with Crippen LogP contribution in [0.1, 0.15) is 49.2 Å². The van der Waals surface area contributed by atoms with Crippen LogP contribution in [-0.2, 0) is 30.7 Å². The number of hydrogen-bond acceptors (Lipinski definition) is 4. The van der Waals surface area contributed by atoms with Crippen molar-refractivity contribution in [3.63, 3.8) is 0 Å². The molecule has 1 aliphatic carbocycles. The van der Waals surface area contributed by atoms with Gasteiger partial charge in [0.2, 0.25) is 0 Å². The molecule has 142 valence electrons. The highest BCUT2D eigenvalue weighted by molar-refractivity contribution is 5.60. The molecule has 0 aromatic carbocycles. The minimum absolute atomic E-state index is 0.0109. The fraction of sp³-hybridized carbons (Fsp3) is 0.684. The summed E-state index contributed by atoms with van der Waals surface area (Å²) in [5, 5.41) is 11.6. The highest BCUT2D eigenvalue weighted by Gasteiger charge is 2.40. The van der Waals surface area contributed by atoms with Crippen molar-refractivity contribution in [2.75, 3.05) is 26.3 Å². The van der Waals surface area contributed by atoms with E-state index in [4.69, 9.17) is 4.74 Å². The van der Waals surface area contributed by atoms with Gasteiger partial charge in [0.1, 0.15) is 0 Å². The molecule has 0 bridgehead atoms. The van der Waals surface area contributed by atoms with Crippen LogP contribution in [0.4, 0.5) is 0 Å². The predicted octanol–water partition coefficient (Wildman–Crippen LogP) is 1.33. The summed E-state index contributed by atoms with van der Waals surface area (Å²) in [6, 6.07) is 0. The maximum Gasteiger partial charge on any atom is 0.272 e. The predicted molar refractivity (Wildman–Crippen MR) is 101 cm³/mol. The molecule has 1 aromatic rings. The minimum Gasteiger partial charge on any atom is -0.377 e. The van der Waals surface area contributed by atoms with Gasteiger partial charge in [-0.25, -0.2) is 4.68 Å². The Kier molecular flexibility index (Phi) is 4.75. The SMILES string of the molecule is Cn1[nH]c2c(c(=O)n(C)nc1C1=CCOCC1)C1(CCC2)CCNCC1. The van der Waals surface area contributed by atoms with E-state index >= 15 is 0 Å². The zero-order valence-electron chi connectivity index (χ0n) is 15.8. The topological polar surface area (TPSA) is 76.9 Å². The van der Waals surface area contributed by atoms with E-state index in [0.717, 1.165) is 74.3 Å². The summed E-state index contributed by atoms with van der Waals surface area (Å²) in [6.07, 6.45) is 8.06. The van der Waals surface area contributed by atoms with Gasteiger partial charge in [-0.1, -0.05) is 6.08 Å². The van der Waals surface area contributed by atoms with Crippen molar-refractivity contribution in [2.45, 2.75) is 43.9 Å². The number of aromatic nitrogens is 4. The van der Waals surface area contributed by atoms with Crippen molar-refractivity contribution >= 4 is 5.57 Å². The number of H-pyrrole nitrogens is 1. The Balaban J connectivity index is 1.93. The molecule has 3 aliphatic rings. The Morgan fingerprint density at radius 1 is 1.19 bits per heavy atom. The summed E-state index contributed by atoms with van der Waals surface area (Å²) < 4.78 is 8.96. The second-order valence-corrected chi connectivity index (χ2v) is 7.71. The molecular formula is C19H29N5O2. The van der Waals surface area contributed by atoms with E-state index in [0.29, 0.717) is 13.2 Å². The van der Waals surface area contributed by atoms with E-state index in [-0.39, 0.29) is 11.0 Å². The first-order chi connectivity index (χ1) is 12.6. The summed E-state index contributed by atoms with van der Waals surface area (Å²) in [7, 11) is 3.78. The first-order valence-electron chi connectivity index (χ1n) is 9.69.